The van der Waals surface area contributed by atoms with Gasteiger partial charge in [0.05, 0.1) is 6.54 Å². The van der Waals surface area contributed by atoms with Crippen LogP contribution in [0.25, 0.3) is 0 Å². The van der Waals surface area contributed by atoms with Crippen molar-refractivity contribution in [2.24, 2.45) is 0 Å². The van der Waals surface area contributed by atoms with Gasteiger partial charge in [-0.15, -0.1) is 0 Å². The van der Waals surface area contributed by atoms with E-state index in [1.165, 1.54) is 4.90 Å². The molecule has 0 bridgehead atoms. The molecule has 1 unspecified atom stereocenters. The van der Waals surface area contributed by atoms with E-state index in [-0.39, 0.29) is 18.9 Å². The third-order valence-corrected chi connectivity index (χ3v) is 3.45. The Morgan fingerprint density at radius 2 is 2.17 bits per heavy atom. The number of hydrogen-bond donors (Lipinski definition) is 1. The first-order valence-electron chi connectivity index (χ1n) is 5.39. The van der Waals surface area contributed by atoms with E-state index in [9.17, 15) is 14.0 Å². The molecule has 1 heterocycles. The van der Waals surface area contributed by atoms with Gasteiger partial charge in [0.15, 0.2) is 0 Å². The van der Waals surface area contributed by atoms with E-state index in [4.69, 9.17) is 5.11 Å². The molecule has 0 spiro atoms. The standard InChI is InChI=1S/C12H11BrFNO3/c13-9-3-1-2-8(6-9)10(16)15-5-4-12(14,7-15)11(17)18/h1-3,6H,4-5,7H2,(H,17,18). The number of nitrogens with zero attached hydrogens (tertiary/aromatic N) is 1. The summed E-state index contributed by atoms with van der Waals surface area (Å²) >= 11 is 3.25. The molecular weight excluding hydrogens is 305 g/mol. The molecule has 96 valence electrons. The minimum atomic E-state index is -2.32. The van der Waals surface area contributed by atoms with E-state index in [2.05, 4.69) is 15.9 Å². The predicted octanol–water partition coefficient (Wildman–Crippen LogP) is 2.09. The van der Waals surface area contributed by atoms with E-state index in [1.807, 2.05) is 0 Å². The molecule has 4 nitrogen and oxygen atoms in total. The van der Waals surface area contributed by atoms with Crippen molar-refractivity contribution in [2.45, 2.75) is 12.1 Å². The Labute approximate surface area is 112 Å². The molecule has 1 aromatic carbocycles. The van der Waals surface area contributed by atoms with Gasteiger partial charge in [0.1, 0.15) is 0 Å². The van der Waals surface area contributed by atoms with Crippen molar-refractivity contribution in [3.8, 4) is 0 Å². The molecule has 0 radical (unpaired) electrons. The summed E-state index contributed by atoms with van der Waals surface area (Å²) in [5, 5.41) is 8.77. The van der Waals surface area contributed by atoms with Gasteiger partial charge in [-0.3, -0.25) is 4.79 Å². The van der Waals surface area contributed by atoms with Crippen LogP contribution in [0.1, 0.15) is 16.8 Å². The van der Waals surface area contributed by atoms with Crippen LogP contribution in [-0.4, -0.2) is 40.6 Å². The number of hydrogen-bond acceptors (Lipinski definition) is 2. The van der Waals surface area contributed by atoms with Gasteiger partial charge in [0, 0.05) is 23.0 Å². The molecule has 2 rings (SSSR count). The van der Waals surface area contributed by atoms with Crippen LogP contribution < -0.4 is 0 Å². The van der Waals surface area contributed by atoms with Crippen molar-refractivity contribution in [2.75, 3.05) is 13.1 Å². The van der Waals surface area contributed by atoms with Crippen LogP contribution in [0.15, 0.2) is 28.7 Å². The number of carbonyl (C=O) groups is 2. The molecule has 0 aliphatic carbocycles. The zero-order chi connectivity index (χ0) is 13.3. The molecule has 1 aliphatic heterocycles. The van der Waals surface area contributed by atoms with Crippen LogP contribution >= 0.6 is 15.9 Å². The Balaban J connectivity index is 2.15. The first kappa shape index (κ1) is 13.0. The number of carbonyl (C=O) groups excluding carboxylic acids is 1. The number of rotatable bonds is 2. The smallest absolute Gasteiger partial charge is 0.343 e. The second-order valence-corrected chi connectivity index (χ2v) is 5.17. The van der Waals surface area contributed by atoms with E-state index in [0.717, 1.165) is 4.47 Å². The Morgan fingerprint density at radius 3 is 2.72 bits per heavy atom. The van der Waals surface area contributed by atoms with Crippen LogP contribution in [0, 0.1) is 0 Å². The largest absolute Gasteiger partial charge is 0.479 e. The number of carboxylic acid groups (broad SMARTS) is 1. The van der Waals surface area contributed by atoms with Gasteiger partial charge < -0.3 is 10.0 Å². The fourth-order valence-corrected chi connectivity index (χ4v) is 2.32. The molecule has 18 heavy (non-hydrogen) atoms. The number of benzene rings is 1. The zero-order valence-corrected chi connectivity index (χ0v) is 11.0. The topological polar surface area (TPSA) is 57.6 Å². The lowest BCUT2D eigenvalue weighted by Gasteiger charge is -2.17. The van der Waals surface area contributed by atoms with Gasteiger partial charge >= 0.3 is 5.97 Å². The van der Waals surface area contributed by atoms with Crippen LogP contribution in [0.4, 0.5) is 4.39 Å². The lowest BCUT2D eigenvalue weighted by atomic mass is 10.1. The Kier molecular flexibility index (Phi) is 3.38. The lowest BCUT2D eigenvalue weighted by molar-refractivity contribution is -0.149. The summed E-state index contributed by atoms with van der Waals surface area (Å²) in [5.74, 6) is -1.86. The highest BCUT2D eigenvalue weighted by atomic mass is 79.9. The van der Waals surface area contributed by atoms with Gasteiger partial charge in [-0.1, -0.05) is 22.0 Å². The molecule has 1 amide bonds. The molecule has 0 aromatic heterocycles. The van der Waals surface area contributed by atoms with Crippen LogP contribution in [0.2, 0.25) is 0 Å². The molecule has 1 aromatic rings. The van der Waals surface area contributed by atoms with Crippen molar-refractivity contribution >= 4 is 27.8 Å². The fourth-order valence-electron chi connectivity index (χ4n) is 1.92. The van der Waals surface area contributed by atoms with Crippen LogP contribution in [0.3, 0.4) is 0 Å². The molecule has 1 aliphatic rings. The first-order chi connectivity index (χ1) is 8.42. The maximum absolute atomic E-state index is 13.8. The highest BCUT2D eigenvalue weighted by Gasteiger charge is 2.46. The second-order valence-electron chi connectivity index (χ2n) is 4.26. The summed E-state index contributed by atoms with van der Waals surface area (Å²) < 4.78 is 14.6. The minimum Gasteiger partial charge on any atom is -0.479 e. The lowest BCUT2D eigenvalue weighted by Crippen LogP contribution is -2.38. The van der Waals surface area contributed by atoms with Gasteiger partial charge in [0.25, 0.3) is 5.91 Å². The van der Waals surface area contributed by atoms with E-state index < -0.39 is 18.2 Å². The summed E-state index contributed by atoms with van der Waals surface area (Å²) in [4.78, 5) is 24.0. The van der Waals surface area contributed by atoms with E-state index in [0.29, 0.717) is 5.56 Å². The Morgan fingerprint density at radius 1 is 1.44 bits per heavy atom. The number of alkyl halides is 1. The van der Waals surface area contributed by atoms with Crippen LogP contribution in [-0.2, 0) is 4.79 Å². The van der Waals surface area contributed by atoms with Crippen molar-refractivity contribution in [3.05, 3.63) is 34.3 Å². The molecule has 1 atom stereocenters. The maximum atomic E-state index is 13.8. The van der Waals surface area contributed by atoms with Gasteiger partial charge in [-0.2, -0.15) is 0 Å². The third kappa shape index (κ3) is 2.38. The highest BCUT2D eigenvalue weighted by Crippen LogP contribution is 2.27. The number of aliphatic carboxylic acids is 1. The third-order valence-electron chi connectivity index (χ3n) is 2.96. The molecule has 1 saturated heterocycles. The van der Waals surface area contributed by atoms with E-state index >= 15 is 0 Å². The molecule has 0 saturated carbocycles. The van der Waals surface area contributed by atoms with Gasteiger partial charge in [0.2, 0.25) is 5.67 Å². The highest BCUT2D eigenvalue weighted by molar-refractivity contribution is 9.10. The van der Waals surface area contributed by atoms with Gasteiger partial charge in [-0.05, 0) is 18.2 Å². The number of likely N-dealkylation sites (tertiary alicyclic amines) is 1. The number of amides is 1. The summed E-state index contributed by atoms with van der Waals surface area (Å²) in [6.45, 7) is -0.276. The minimum absolute atomic E-state index is 0.119. The van der Waals surface area contributed by atoms with Crippen molar-refractivity contribution in [3.63, 3.8) is 0 Å². The first-order valence-corrected chi connectivity index (χ1v) is 6.19. The number of halogens is 2. The van der Waals surface area contributed by atoms with Gasteiger partial charge in [-0.25, -0.2) is 9.18 Å². The SMILES string of the molecule is O=C(c1cccc(Br)c1)N1CCC(F)(C(=O)O)C1. The Bertz CT molecular complexity index is 508. The average molecular weight is 316 g/mol. The Hall–Kier alpha value is -1.43. The summed E-state index contributed by atoms with van der Waals surface area (Å²) in [6.07, 6.45) is -0.165. The summed E-state index contributed by atoms with van der Waals surface area (Å²) in [7, 11) is 0. The normalized spacial score (nSPS) is 23.1. The molecule has 1 fully saturated rings. The quantitative estimate of drug-likeness (QED) is 0.909. The molecule has 6 heteroatoms. The second kappa shape index (κ2) is 4.68. The molecule has 1 N–H and O–H groups in total. The summed E-state index contributed by atoms with van der Waals surface area (Å²) in [6, 6.07) is 6.72. The fraction of sp³-hybridized carbons (Fsp3) is 0.333. The van der Waals surface area contributed by atoms with Crippen molar-refractivity contribution < 1.29 is 19.1 Å². The van der Waals surface area contributed by atoms with E-state index in [1.54, 1.807) is 24.3 Å². The predicted molar refractivity (Wildman–Crippen MR) is 66.1 cm³/mol. The monoisotopic (exact) mass is 315 g/mol. The summed E-state index contributed by atoms with van der Waals surface area (Å²) in [5.41, 5.74) is -1.90. The average Bonchev–Trinajstić information content (AvgIpc) is 2.72. The number of carboxylic acids is 1. The molecular formula is C12H11BrFNO3. The van der Waals surface area contributed by atoms with Crippen molar-refractivity contribution in [1.82, 2.24) is 4.90 Å². The maximum Gasteiger partial charge on any atom is 0.343 e. The van der Waals surface area contributed by atoms with Crippen LogP contribution in [0.5, 0.6) is 0 Å². The van der Waals surface area contributed by atoms with Crippen molar-refractivity contribution in [1.29, 1.82) is 0 Å². The zero-order valence-electron chi connectivity index (χ0n) is 9.40.